The van der Waals surface area contributed by atoms with E-state index in [1.54, 1.807) is 0 Å². The van der Waals surface area contributed by atoms with Crippen molar-refractivity contribution in [2.45, 2.75) is 20.0 Å². The van der Waals surface area contributed by atoms with E-state index in [1.165, 1.54) is 6.07 Å². The smallest absolute Gasteiger partial charge is 0.417 e. The third-order valence-corrected chi connectivity index (χ3v) is 2.26. The number of benzene rings is 1. The number of halogens is 3. The van der Waals surface area contributed by atoms with Crippen LogP contribution in [0.15, 0.2) is 23.4 Å². The molecule has 0 heterocycles. The minimum Gasteiger partial charge on any atom is -0.493 e. The van der Waals surface area contributed by atoms with Gasteiger partial charge in [0.05, 0.1) is 12.2 Å². The lowest BCUT2D eigenvalue weighted by Crippen LogP contribution is -2.20. The lowest BCUT2D eigenvalue weighted by molar-refractivity contribution is -0.137. The van der Waals surface area contributed by atoms with Crippen molar-refractivity contribution < 1.29 is 23.1 Å². The van der Waals surface area contributed by atoms with Crippen LogP contribution in [0.4, 0.5) is 13.2 Å². The van der Waals surface area contributed by atoms with Crippen LogP contribution in [-0.4, -0.2) is 17.6 Å². The highest BCUT2D eigenvalue weighted by Crippen LogP contribution is 2.34. The second-order valence-electron chi connectivity index (χ2n) is 4.40. The predicted octanol–water partition coefficient (Wildman–Crippen LogP) is 2.83. The van der Waals surface area contributed by atoms with Crippen LogP contribution in [0, 0.1) is 5.92 Å². The molecule has 0 spiro atoms. The Balaban J connectivity index is 3.16. The van der Waals surface area contributed by atoms with Crippen molar-refractivity contribution in [2.24, 2.45) is 16.8 Å². The Labute approximate surface area is 108 Å². The Bertz CT molecular complexity index is 471. The summed E-state index contributed by atoms with van der Waals surface area (Å²) in [4.78, 5) is 0. The quantitative estimate of drug-likeness (QED) is 0.384. The maximum Gasteiger partial charge on any atom is 0.417 e. The summed E-state index contributed by atoms with van der Waals surface area (Å²) in [5, 5.41) is 11.1. The van der Waals surface area contributed by atoms with Crippen molar-refractivity contribution >= 4 is 5.84 Å². The number of hydrogen-bond donors (Lipinski definition) is 2. The Morgan fingerprint density at radius 3 is 2.53 bits per heavy atom. The fourth-order valence-electron chi connectivity index (χ4n) is 1.39. The van der Waals surface area contributed by atoms with Crippen molar-refractivity contribution in [3.05, 3.63) is 29.3 Å². The van der Waals surface area contributed by atoms with Crippen LogP contribution >= 0.6 is 0 Å². The molecule has 19 heavy (non-hydrogen) atoms. The molecular formula is C12H15F3N2O2. The lowest BCUT2D eigenvalue weighted by Gasteiger charge is -2.15. The number of nitrogens with two attached hydrogens (primary N) is 1. The predicted molar refractivity (Wildman–Crippen MR) is 64.3 cm³/mol. The van der Waals surface area contributed by atoms with Gasteiger partial charge >= 0.3 is 6.18 Å². The van der Waals surface area contributed by atoms with E-state index in [2.05, 4.69) is 5.16 Å². The van der Waals surface area contributed by atoms with E-state index in [0.29, 0.717) is 6.61 Å². The zero-order valence-corrected chi connectivity index (χ0v) is 10.5. The molecule has 0 amide bonds. The molecule has 0 aliphatic heterocycles. The van der Waals surface area contributed by atoms with E-state index < -0.39 is 17.6 Å². The first-order valence-electron chi connectivity index (χ1n) is 5.57. The third kappa shape index (κ3) is 4.04. The van der Waals surface area contributed by atoms with Gasteiger partial charge in [0.15, 0.2) is 5.84 Å². The first-order chi connectivity index (χ1) is 8.75. The molecule has 1 aromatic rings. The van der Waals surface area contributed by atoms with Crippen LogP contribution in [0.3, 0.4) is 0 Å². The molecule has 0 aliphatic carbocycles. The molecule has 0 aliphatic rings. The van der Waals surface area contributed by atoms with Crippen LogP contribution in [0.25, 0.3) is 0 Å². The number of hydrogen-bond acceptors (Lipinski definition) is 3. The summed E-state index contributed by atoms with van der Waals surface area (Å²) in [6.07, 6.45) is -4.61. The number of oxime groups is 1. The molecule has 0 unspecified atom stereocenters. The Morgan fingerprint density at radius 1 is 1.42 bits per heavy atom. The highest BCUT2D eigenvalue weighted by molar-refractivity contribution is 5.98. The molecule has 0 fully saturated rings. The van der Waals surface area contributed by atoms with E-state index in [9.17, 15) is 13.2 Å². The number of nitrogens with zero attached hydrogens (tertiary/aromatic N) is 1. The summed E-state index contributed by atoms with van der Waals surface area (Å²) < 4.78 is 43.9. The van der Waals surface area contributed by atoms with Crippen molar-refractivity contribution in [3.63, 3.8) is 0 Å². The Kier molecular flexibility index (Phi) is 4.63. The average molecular weight is 276 g/mol. The van der Waals surface area contributed by atoms with Gasteiger partial charge in [0.1, 0.15) is 5.75 Å². The minimum atomic E-state index is -4.61. The summed E-state index contributed by atoms with van der Waals surface area (Å²) >= 11 is 0. The summed E-state index contributed by atoms with van der Waals surface area (Å²) in [5.74, 6) is -0.309. The topological polar surface area (TPSA) is 67.8 Å². The first-order valence-corrected chi connectivity index (χ1v) is 5.57. The molecule has 1 aromatic carbocycles. The van der Waals surface area contributed by atoms with Gasteiger partial charge in [0.25, 0.3) is 0 Å². The van der Waals surface area contributed by atoms with Crippen LogP contribution in [-0.2, 0) is 6.18 Å². The SMILES string of the molecule is CC(C)COc1ccc(/C(N)=N/O)c(C(F)(F)F)c1. The van der Waals surface area contributed by atoms with Crippen LogP contribution in [0.2, 0.25) is 0 Å². The third-order valence-electron chi connectivity index (χ3n) is 2.26. The normalized spacial score (nSPS) is 12.8. The van der Waals surface area contributed by atoms with Gasteiger partial charge in [-0.15, -0.1) is 0 Å². The Morgan fingerprint density at radius 2 is 2.05 bits per heavy atom. The number of amidine groups is 1. The summed E-state index contributed by atoms with van der Waals surface area (Å²) in [5.41, 5.74) is 3.84. The van der Waals surface area contributed by atoms with E-state index >= 15 is 0 Å². The van der Waals surface area contributed by atoms with Gasteiger partial charge in [-0.2, -0.15) is 13.2 Å². The number of ether oxygens (including phenoxy) is 1. The molecule has 4 nitrogen and oxygen atoms in total. The van der Waals surface area contributed by atoms with Gasteiger partial charge in [-0.1, -0.05) is 19.0 Å². The molecule has 3 N–H and O–H groups in total. The van der Waals surface area contributed by atoms with Gasteiger partial charge < -0.3 is 15.7 Å². The monoisotopic (exact) mass is 276 g/mol. The van der Waals surface area contributed by atoms with Crippen molar-refractivity contribution in [3.8, 4) is 5.75 Å². The zero-order chi connectivity index (χ0) is 14.6. The molecule has 1 rings (SSSR count). The van der Waals surface area contributed by atoms with Gasteiger partial charge in [-0.25, -0.2) is 0 Å². The molecule has 0 radical (unpaired) electrons. The molecule has 106 valence electrons. The second kappa shape index (κ2) is 5.81. The first kappa shape index (κ1) is 15.1. The summed E-state index contributed by atoms with van der Waals surface area (Å²) in [7, 11) is 0. The van der Waals surface area contributed by atoms with E-state index in [1.807, 2.05) is 13.8 Å². The van der Waals surface area contributed by atoms with E-state index in [4.69, 9.17) is 15.7 Å². The van der Waals surface area contributed by atoms with E-state index in [-0.39, 0.29) is 17.2 Å². The largest absolute Gasteiger partial charge is 0.493 e. The fraction of sp³-hybridized carbons (Fsp3) is 0.417. The molecular weight excluding hydrogens is 261 g/mol. The van der Waals surface area contributed by atoms with Gasteiger partial charge in [-0.3, -0.25) is 0 Å². The van der Waals surface area contributed by atoms with Gasteiger partial charge in [0, 0.05) is 5.56 Å². The number of rotatable bonds is 4. The van der Waals surface area contributed by atoms with Gasteiger partial charge in [-0.05, 0) is 24.1 Å². The van der Waals surface area contributed by atoms with Crippen LogP contribution in [0.5, 0.6) is 5.75 Å². The van der Waals surface area contributed by atoms with Crippen molar-refractivity contribution in [2.75, 3.05) is 6.61 Å². The van der Waals surface area contributed by atoms with Crippen molar-refractivity contribution in [1.29, 1.82) is 0 Å². The summed E-state index contributed by atoms with van der Waals surface area (Å²) in [6, 6.07) is 3.31. The second-order valence-corrected chi connectivity index (χ2v) is 4.40. The summed E-state index contributed by atoms with van der Waals surface area (Å²) in [6.45, 7) is 4.07. The fourth-order valence-corrected chi connectivity index (χ4v) is 1.39. The zero-order valence-electron chi connectivity index (χ0n) is 10.5. The highest BCUT2D eigenvalue weighted by atomic mass is 19.4. The van der Waals surface area contributed by atoms with Crippen LogP contribution < -0.4 is 10.5 Å². The lowest BCUT2D eigenvalue weighted by atomic mass is 10.1. The molecule has 0 saturated carbocycles. The highest BCUT2D eigenvalue weighted by Gasteiger charge is 2.35. The van der Waals surface area contributed by atoms with Gasteiger partial charge in [0.2, 0.25) is 0 Å². The maximum absolute atomic E-state index is 12.9. The molecule has 0 atom stereocenters. The minimum absolute atomic E-state index is 0.0931. The van der Waals surface area contributed by atoms with Crippen molar-refractivity contribution in [1.82, 2.24) is 0 Å². The van der Waals surface area contributed by atoms with E-state index in [0.717, 1.165) is 12.1 Å². The molecule has 0 bridgehead atoms. The average Bonchev–Trinajstić information content (AvgIpc) is 2.34. The van der Waals surface area contributed by atoms with Crippen LogP contribution in [0.1, 0.15) is 25.0 Å². The number of alkyl halides is 3. The maximum atomic E-state index is 12.9. The molecule has 7 heteroatoms. The molecule has 0 saturated heterocycles. The molecule has 0 aromatic heterocycles. The Hall–Kier alpha value is -1.92. The standard InChI is InChI=1S/C12H15F3N2O2/c1-7(2)6-19-8-3-4-9(11(16)17-18)10(5-8)12(13,14)15/h3-5,7,18H,6H2,1-2H3,(H2,16,17).